The van der Waals surface area contributed by atoms with E-state index < -0.39 is 11.2 Å². The van der Waals surface area contributed by atoms with E-state index in [1.165, 1.54) is 0 Å². The Morgan fingerprint density at radius 1 is 1.03 bits per heavy atom. The molecule has 3 amide bonds. The van der Waals surface area contributed by atoms with Gasteiger partial charge in [0.2, 0.25) is 11.8 Å². The third kappa shape index (κ3) is 4.09. The molecule has 0 N–H and O–H groups in total. The van der Waals surface area contributed by atoms with E-state index in [2.05, 4.69) is 0 Å². The molecule has 2 aromatic rings. The van der Waals surface area contributed by atoms with E-state index in [4.69, 9.17) is 4.74 Å². The number of fused-ring (bicyclic) bond motifs is 1. The van der Waals surface area contributed by atoms with Crippen molar-refractivity contribution in [2.75, 3.05) is 28.7 Å². The molecule has 0 radical (unpaired) electrons. The van der Waals surface area contributed by atoms with Gasteiger partial charge in [0.25, 0.3) is 5.91 Å². The lowest BCUT2D eigenvalue weighted by Gasteiger charge is -2.17. The van der Waals surface area contributed by atoms with E-state index in [0.717, 1.165) is 34.3 Å². The van der Waals surface area contributed by atoms with Gasteiger partial charge in [-0.05, 0) is 30.2 Å². The largest absolute Gasteiger partial charge is 0.455 e. The molecule has 0 saturated carbocycles. The predicted molar refractivity (Wildman–Crippen MR) is 113 cm³/mol. The molecule has 2 heterocycles. The fraction of sp³-hybridized carbons (Fsp3) is 0.273. The van der Waals surface area contributed by atoms with Crippen molar-refractivity contribution >= 4 is 46.8 Å². The molecule has 2 aliphatic rings. The molecule has 30 heavy (non-hydrogen) atoms. The summed E-state index contributed by atoms with van der Waals surface area (Å²) < 4.78 is 5.10. The number of ether oxygens (including phenoxy) is 1. The van der Waals surface area contributed by atoms with Gasteiger partial charge >= 0.3 is 5.97 Å². The second-order valence-electron chi connectivity index (χ2n) is 6.99. The summed E-state index contributed by atoms with van der Waals surface area (Å²) in [5, 5.41) is -0.633. The van der Waals surface area contributed by atoms with Crippen LogP contribution in [-0.2, 0) is 30.3 Å². The average molecular weight is 424 g/mol. The zero-order valence-electron chi connectivity index (χ0n) is 16.2. The molecule has 8 heteroatoms. The lowest BCUT2D eigenvalue weighted by Crippen LogP contribution is -2.33. The highest BCUT2D eigenvalue weighted by molar-refractivity contribution is 8.01. The molecule has 154 valence electrons. The van der Waals surface area contributed by atoms with Crippen molar-refractivity contribution in [1.82, 2.24) is 0 Å². The second kappa shape index (κ2) is 8.71. The van der Waals surface area contributed by atoms with Gasteiger partial charge in [-0.3, -0.25) is 19.2 Å². The van der Waals surface area contributed by atoms with Gasteiger partial charge in [0.15, 0.2) is 6.61 Å². The van der Waals surface area contributed by atoms with E-state index in [1.54, 1.807) is 35.2 Å². The van der Waals surface area contributed by atoms with Gasteiger partial charge in [0, 0.05) is 18.7 Å². The van der Waals surface area contributed by atoms with Crippen molar-refractivity contribution in [3.05, 3.63) is 60.2 Å². The Morgan fingerprint density at radius 3 is 2.57 bits per heavy atom. The highest BCUT2D eigenvalue weighted by Crippen LogP contribution is 2.30. The maximum Gasteiger partial charge on any atom is 0.316 e. The third-order valence-electron chi connectivity index (χ3n) is 5.07. The van der Waals surface area contributed by atoms with E-state index in [0.29, 0.717) is 12.2 Å². The summed E-state index contributed by atoms with van der Waals surface area (Å²) in [7, 11) is 0. The molecule has 1 unspecified atom stereocenters. The smallest absolute Gasteiger partial charge is 0.316 e. The van der Waals surface area contributed by atoms with Crippen LogP contribution in [0.1, 0.15) is 12.0 Å². The SMILES string of the molecule is O=C(CSC1CC(=O)N(c2ccccc2)C1=O)OCC(=O)N1CCc2ccccc21. The summed E-state index contributed by atoms with van der Waals surface area (Å²) in [6, 6.07) is 16.3. The molecule has 4 rings (SSSR count). The molecular weight excluding hydrogens is 404 g/mol. The van der Waals surface area contributed by atoms with E-state index in [-0.39, 0.29) is 36.5 Å². The molecule has 2 aliphatic heterocycles. The quantitative estimate of drug-likeness (QED) is 0.522. The van der Waals surface area contributed by atoms with Crippen LogP contribution >= 0.6 is 11.8 Å². The number of carbonyl (C=O) groups excluding carboxylic acids is 4. The molecule has 1 atom stereocenters. The van der Waals surface area contributed by atoms with Crippen LogP contribution in [0.5, 0.6) is 0 Å². The van der Waals surface area contributed by atoms with Gasteiger partial charge in [0.05, 0.1) is 16.7 Å². The maximum atomic E-state index is 12.6. The van der Waals surface area contributed by atoms with Crippen molar-refractivity contribution in [2.45, 2.75) is 18.1 Å². The standard InChI is InChI=1S/C22H20N2O5S/c25-19-12-18(22(28)24(19)16-7-2-1-3-8-16)30-14-21(27)29-13-20(26)23-11-10-15-6-4-5-9-17(15)23/h1-9,18H,10-14H2. The Bertz CT molecular complexity index is 994. The molecule has 0 aromatic heterocycles. The summed E-state index contributed by atoms with van der Waals surface area (Å²) >= 11 is 1.06. The summed E-state index contributed by atoms with van der Waals surface area (Å²) in [6.45, 7) is 0.222. The van der Waals surface area contributed by atoms with Crippen molar-refractivity contribution < 1.29 is 23.9 Å². The summed E-state index contributed by atoms with van der Waals surface area (Å²) in [5.74, 6) is -1.59. The first-order chi connectivity index (χ1) is 14.5. The van der Waals surface area contributed by atoms with Gasteiger partial charge in [-0.1, -0.05) is 36.4 Å². The molecule has 7 nitrogen and oxygen atoms in total. The molecule has 1 fully saturated rings. The minimum atomic E-state index is -0.633. The third-order valence-corrected chi connectivity index (χ3v) is 6.24. The second-order valence-corrected chi connectivity index (χ2v) is 8.18. The Kier molecular flexibility index (Phi) is 5.85. The zero-order chi connectivity index (χ0) is 21.1. The van der Waals surface area contributed by atoms with Gasteiger partial charge in [-0.2, -0.15) is 0 Å². The van der Waals surface area contributed by atoms with Crippen LogP contribution in [0.2, 0.25) is 0 Å². The summed E-state index contributed by atoms with van der Waals surface area (Å²) in [5.41, 5.74) is 2.47. The van der Waals surface area contributed by atoms with E-state index in [9.17, 15) is 19.2 Å². The van der Waals surface area contributed by atoms with Crippen LogP contribution in [0.4, 0.5) is 11.4 Å². The number of anilines is 2. The number of carbonyl (C=O) groups is 4. The molecule has 0 spiro atoms. The number of esters is 1. The minimum Gasteiger partial charge on any atom is -0.455 e. The van der Waals surface area contributed by atoms with Gasteiger partial charge in [-0.15, -0.1) is 11.8 Å². The number of hydrogen-bond donors (Lipinski definition) is 0. The normalized spacial score (nSPS) is 17.9. The Hall–Kier alpha value is -3.13. The van der Waals surface area contributed by atoms with E-state index >= 15 is 0 Å². The number of thioether (sulfide) groups is 1. The molecule has 0 bridgehead atoms. The lowest BCUT2D eigenvalue weighted by atomic mass is 10.2. The van der Waals surface area contributed by atoms with Gasteiger partial charge in [0.1, 0.15) is 0 Å². The number of amides is 3. The average Bonchev–Trinajstić information content (AvgIpc) is 3.31. The van der Waals surface area contributed by atoms with Crippen molar-refractivity contribution in [2.24, 2.45) is 0 Å². The molecular formula is C22H20N2O5S. The Labute approximate surface area is 178 Å². The fourth-order valence-electron chi connectivity index (χ4n) is 3.61. The van der Waals surface area contributed by atoms with Crippen LogP contribution in [0.25, 0.3) is 0 Å². The molecule has 2 aromatic carbocycles. The molecule has 0 aliphatic carbocycles. The number of para-hydroxylation sites is 2. The Morgan fingerprint density at radius 2 is 1.77 bits per heavy atom. The number of rotatable bonds is 6. The van der Waals surface area contributed by atoms with Gasteiger partial charge in [-0.25, -0.2) is 4.90 Å². The minimum absolute atomic E-state index is 0.0369. The maximum absolute atomic E-state index is 12.6. The fourth-order valence-corrected chi connectivity index (χ4v) is 4.54. The van der Waals surface area contributed by atoms with Crippen molar-refractivity contribution in [3.8, 4) is 0 Å². The number of hydrogen-bond acceptors (Lipinski definition) is 6. The summed E-state index contributed by atoms with van der Waals surface area (Å²) in [4.78, 5) is 52.0. The van der Waals surface area contributed by atoms with Gasteiger partial charge < -0.3 is 9.64 Å². The zero-order valence-corrected chi connectivity index (χ0v) is 17.0. The number of benzene rings is 2. The topological polar surface area (TPSA) is 84.0 Å². The number of nitrogens with zero attached hydrogens (tertiary/aromatic N) is 2. The predicted octanol–water partition coefficient (Wildman–Crippen LogP) is 2.18. The van der Waals surface area contributed by atoms with Crippen LogP contribution in [-0.4, -0.2) is 47.8 Å². The number of imide groups is 1. The monoisotopic (exact) mass is 424 g/mol. The first-order valence-electron chi connectivity index (χ1n) is 9.62. The first kappa shape index (κ1) is 20.2. The van der Waals surface area contributed by atoms with Crippen LogP contribution in [0, 0.1) is 0 Å². The van der Waals surface area contributed by atoms with Crippen LogP contribution in [0.3, 0.4) is 0 Å². The highest BCUT2D eigenvalue weighted by Gasteiger charge is 2.40. The lowest BCUT2D eigenvalue weighted by molar-refractivity contribution is -0.145. The van der Waals surface area contributed by atoms with Crippen molar-refractivity contribution in [1.29, 1.82) is 0 Å². The summed E-state index contributed by atoms with van der Waals surface area (Å²) in [6.07, 6.45) is 0.816. The van der Waals surface area contributed by atoms with E-state index in [1.807, 2.05) is 24.3 Å². The highest BCUT2D eigenvalue weighted by atomic mass is 32.2. The van der Waals surface area contributed by atoms with Crippen LogP contribution in [0.15, 0.2) is 54.6 Å². The van der Waals surface area contributed by atoms with Crippen LogP contribution < -0.4 is 9.80 Å². The first-order valence-corrected chi connectivity index (χ1v) is 10.7. The molecule has 1 saturated heterocycles. The van der Waals surface area contributed by atoms with Crippen molar-refractivity contribution in [3.63, 3.8) is 0 Å². The Balaban J connectivity index is 1.26.